The average molecular weight is 318 g/mol. The van der Waals surface area contributed by atoms with Crippen LogP contribution >= 0.6 is 0 Å². The first kappa shape index (κ1) is 18.3. The summed E-state index contributed by atoms with van der Waals surface area (Å²) < 4.78 is 54.2. The van der Waals surface area contributed by atoms with E-state index < -0.39 is 43.8 Å². The van der Waals surface area contributed by atoms with E-state index in [1.165, 1.54) is 13.8 Å². The summed E-state index contributed by atoms with van der Waals surface area (Å²) in [6, 6.07) is 0. The van der Waals surface area contributed by atoms with Crippen molar-refractivity contribution in [2.75, 3.05) is 18.1 Å². The van der Waals surface area contributed by atoms with Crippen molar-refractivity contribution in [3.63, 3.8) is 0 Å². The molecule has 0 saturated carbocycles. The Labute approximate surface area is 113 Å². The molecule has 0 heterocycles. The molecule has 0 aromatic carbocycles. The first-order chi connectivity index (χ1) is 8.54. The lowest BCUT2D eigenvalue weighted by atomic mass is 10.3. The first-order valence-electron chi connectivity index (χ1n) is 5.54. The van der Waals surface area contributed by atoms with Gasteiger partial charge in [-0.25, -0.2) is 0 Å². The number of carboxylic acids is 1. The largest absolute Gasteiger partial charge is 0.481 e. The zero-order valence-electron chi connectivity index (χ0n) is 10.7. The number of hydrogen-bond acceptors (Lipinski definition) is 7. The molecule has 0 radical (unpaired) electrons. The minimum atomic E-state index is -4.00. The Hall–Kier alpha value is -0.710. The van der Waals surface area contributed by atoms with Crippen LogP contribution in [0.25, 0.3) is 0 Å². The van der Waals surface area contributed by atoms with Crippen LogP contribution in [0.5, 0.6) is 0 Å². The van der Waals surface area contributed by atoms with E-state index in [1.807, 2.05) is 0 Å². The predicted molar refractivity (Wildman–Crippen MR) is 66.6 cm³/mol. The molecule has 8 nitrogen and oxygen atoms in total. The van der Waals surface area contributed by atoms with Gasteiger partial charge in [-0.15, -0.1) is 0 Å². The molecule has 0 aliphatic rings. The Balaban J connectivity index is 4.14. The zero-order chi connectivity index (χ0) is 15.1. The summed E-state index contributed by atoms with van der Waals surface area (Å²) in [5, 5.41) is 8.34. The van der Waals surface area contributed by atoms with Crippen molar-refractivity contribution in [3.8, 4) is 0 Å². The quantitative estimate of drug-likeness (QED) is 0.439. The molecule has 10 heteroatoms. The maximum Gasteiger partial charge on any atom is 0.303 e. The van der Waals surface area contributed by atoms with E-state index in [4.69, 9.17) is 5.11 Å². The van der Waals surface area contributed by atoms with Crippen molar-refractivity contribution in [3.05, 3.63) is 0 Å². The molecule has 0 amide bonds. The molecule has 0 unspecified atom stereocenters. The second kappa shape index (κ2) is 7.78. The van der Waals surface area contributed by atoms with Crippen LogP contribution in [0.2, 0.25) is 0 Å². The van der Waals surface area contributed by atoms with Crippen LogP contribution in [0.15, 0.2) is 0 Å². The van der Waals surface area contributed by atoms with E-state index in [0.29, 0.717) is 0 Å². The van der Waals surface area contributed by atoms with E-state index in [-0.39, 0.29) is 19.4 Å². The van der Waals surface area contributed by atoms with Crippen LogP contribution in [-0.4, -0.2) is 52.1 Å². The lowest BCUT2D eigenvalue weighted by Crippen LogP contribution is -2.23. The summed E-state index contributed by atoms with van der Waals surface area (Å²) in [6.45, 7) is 2.72. The molecule has 19 heavy (non-hydrogen) atoms. The lowest BCUT2D eigenvalue weighted by Gasteiger charge is -2.08. The highest BCUT2D eigenvalue weighted by Gasteiger charge is 2.20. The number of carbonyl (C=O) groups is 1. The van der Waals surface area contributed by atoms with Crippen LogP contribution in [0.4, 0.5) is 0 Å². The van der Waals surface area contributed by atoms with Gasteiger partial charge in [0, 0.05) is 6.42 Å². The molecule has 0 saturated heterocycles. The van der Waals surface area contributed by atoms with Gasteiger partial charge in [0.1, 0.15) is 0 Å². The molecule has 0 spiro atoms. The maximum atomic E-state index is 11.3. The monoisotopic (exact) mass is 318 g/mol. The van der Waals surface area contributed by atoms with Gasteiger partial charge in [-0.2, -0.15) is 16.8 Å². The normalized spacial score (nSPS) is 12.8. The SMILES string of the molecule is CC(C)OS(=O)(=O)CCS(=O)(=O)OCCCC(=O)O. The molecule has 0 fully saturated rings. The Bertz CT molecular complexity index is 476. The van der Waals surface area contributed by atoms with E-state index in [0.717, 1.165) is 0 Å². The molecular formula is C9H18O8S2. The van der Waals surface area contributed by atoms with Gasteiger partial charge in [-0.3, -0.25) is 13.2 Å². The van der Waals surface area contributed by atoms with Crippen LogP contribution in [0, 0.1) is 0 Å². The molecule has 0 aromatic rings. The molecule has 0 rings (SSSR count). The van der Waals surface area contributed by atoms with Crippen molar-refractivity contribution < 1.29 is 35.1 Å². The predicted octanol–water partition coefficient (Wildman–Crippen LogP) is -0.0476. The maximum absolute atomic E-state index is 11.3. The van der Waals surface area contributed by atoms with Crippen LogP contribution < -0.4 is 0 Å². The Morgan fingerprint density at radius 1 is 1.11 bits per heavy atom. The van der Waals surface area contributed by atoms with E-state index in [2.05, 4.69) is 8.37 Å². The summed E-state index contributed by atoms with van der Waals surface area (Å²) >= 11 is 0. The van der Waals surface area contributed by atoms with Crippen molar-refractivity contribution in [2.24, 2.45) is 0 Å². The topological polar surface area (TPSA) is 124 Å². The summed E-state index contributed by atoms with van der Waals surface area (Å²) in [5.41, 5.74) is 0. The van der Waals surface area contributed by atoms with Gasteiger partial charge in [0.05, 0.1) is 24.2 Å². The van der Waals surface area contributed by atoms with Crippen LogP contribution in [0.1, 0.15) is 26.7 Å². The van der Waals surface area contributed by atoms with Gasteiger partial charge in [0.15, 0.2) is 0 Å². The van der Waals surface area contributed by atoms with Gasteiger partial charge < -0.3 is 5.11 Å². The number of hydrogen-bond donors (Lipinski definition) is 1. The van der Waals surface area contributed by atoms with Gasteiger partial charge in [0.25, 0.3) is 20.2 Å². The smallest absolute Gasteiger partial charge is 0.303 e. The fourth-order valence-corrected chi connectivity index (χ4v) is 3.82. The summed E-state index contributed by atoms with van der Waals surface area (Å²) in [4.78, 5) is 10.2. The van der Waals surface area contributed by atoms with Gasteiger partial charge in [-0.05, 0) is 20.3 Å². The van der Waals surface area contributed by atoms with Gasteiger partial charge in [0.2, 0.25) is 0 Å². The first-order valence-corrected chi connectivity index (χ1v) is 8.69. The highest BCUT2D eigenvalue weighted by atomic mass is 32.2. The van der Waals surface area contributed by atoms with E-state index in [1.54, 1.807) is 0 Å². The number of aliphatic carboxylic acids is 1. The van der Waals surface area contributed by atoms with Crippen LogP contribution in [0.3, 0.4) is 0 Å². The second-order valence-corrected chi connectivity index (χ2v) is 7.46. The standard InChI is InChI=1S/C9H18O8S2/c1-8(2)17-19(14,15)7-6-18(12,13)16-5-3-4-9(10)11/h8H,3-7H2,1-2H3,(H,10,11). The van der Waals surface area contributed by atoms with E-state index in [9.17, 15) is 21.6 Å². The highest BCUT2D eigenvalue weighted by molar-refractivity contribution is 7.90. The molecule has 0 aliphatic carbocycles. The number of carboxylic acid groups (broad SMARTS) is 1. The Kier molecular flexibility index (Phi) is 7.49. The Morgan fingerprint density at radius 3 is 2.11 bits per heavy atom. The zero-order valence-corrected chi connectivity index (χ0v) is 12.4. The van der Waals surface area contributed by atoms with Gasteiger partial charge in [-0.1, -0.05) is 0 Å². The highest BCUT2D eigenvalue weighted by Crippen LogP contribution is 2.03. The molecular weight excluding hydrogens is 300 g/mol. The molecule has 1 N–H and O–H groups in total. The minimum absolute atomic E-state index is 0.0316. The molecule has 0 bridgehead atoms. The summed E-state index contributed by atoms with van der Waals surface area (Å²) in [7, 11) is -7.91. The molecule has 114 valence electrons. The van der Waals surface area contributed by atoms with Crippen molar-refractivity contribution >= 4 is 26.2 Å². The second-order valence-electron chi connectivity index (χ2n) is 3.99. The van der Waals surface area contributed by atoms with Crippen molar-refractivity contribution in [1.82, 2.24) is 0 Å². The van der Waals surface area contributed by atoms with Crippen molar-refractivity contribution in [1.29, 1.82) is 0 Å². The molecule has 0 aromatic heterocycles. The summed E-state index contributed by atoms with van der Waals surface area (Å²) in [6.07, 6.45) is -0.752. The average Bonchev–Trinajstić information content (AvgIpc) is 2.20. The third kappa shape index (κ3) is 10.9. The fourth-order valence-electron chi connectivity index (χ4n) is 1.01. The lowest BCUT2D eigenvalue weighted by molar-refractivity contribution is -0.137. The van der Waals surface area contributed by atoms with Gasteiger partial charge >= 0.3 is 5.97 Å². The van der Waals surface area contributed by atoms with Crippen molar-refractivity contribution in [2.45, 2.75) is 32.8 Å². The molecule has 0 atom stereocenters. The molecule has 0 aliphatic heterocycles. The third-order valence-electron chi connectivity index (χ3n) is 1.72. The Morgan fingerprint density at radius 2 is 1.63 bits per heavy atom. The summed E-state index contributed by atoms with van der Waals surface area (Å²) in [5.74, 6) is -2.49. The van der Waals surface area contributed by atoms with E-state index >= 15 is 0 Å². The fraction of sp³-hybridized carbons (Fsp3) is 0.889. The van der Waals surface area contributed by atoms with Crippen LogP contribution in [-0.2, 0) is 33.4 Å². The number of rotatable bonds is 10. The third-order valence-corrected chi connectivity index (χ3v) is 4.59. The minimum Gasteiger partial charge on any atom is -0.481 e.